The summed E-state index contributed by atoms with van der Waals surface area (Å²) in [6, 6.07) is 7.54. The zero-order valence-electron chi connectivity index (χ0n) is 18.1. The zero-order chi connectivity index (χ0) is 22.7. The van der Waals surface area contributed by atoms with Gasteiger partial charge in [-0.1, -0.05) is 18.5 Å². The molecule has 2 fully saturated rings. The number of halogens is 1. The van der Waals surface area contributed by atoms with Crippen LogP contribution < -0.4 is 4.90 Å². The van der Waals surface area contributed by atoms with Crippen molar-refractivity contribution in [3.8, 4) is 0 Å². The maximum absolute atomic E-state index is 13.5. The number of amides is 1. The summed E-state index contributed by atoms with van der Waals surface area (Å²) < 4.78 is 30.1. The molecule has 0 unspecified atom stereocenters. The van der Waals surface area contributed by atoms with Gasteiger partial charge in [0.1, 0.15) is 0 Å². The van der Waals surface area contributed by atoms with Crippen LogP contribution >= 0.6 is 23.4 Å². The third-order valence-corrected chi connectivity index (χ3v) is 8.75. The molecule has 0 spiro atoms. The first-order valence-electron chi connectivity index (χ1n) is 10.9. The van der Waals surface area contributed by atoms with Crippen molar-refractivity contribution in [1.82, 2.24) is 19.0 Å². The molecular formula is C21H28ClN5O3S2. The van der Waals surface area contributed by atoms with Crippen LogP contribution in [0.4, 0.5) is 5.69 Å². The van der Waals surface area contributed by atoms with Crippen molar-refractivity contribution < 1.29 is 13.2 Å². The second-order valence-corrected chi connectivity index (χ2v) is 11.4. The lowest BCUT2D eigenvalue weighted by Gasteiger charge is -2.35. The molecular weight excluding hydrogens is 470 g/mol. The first kappa shape index (κ1) is 23.4. The lowest BCUT2D eigenvalue weighted by molar-refractivity contribution is 0.0768. The lowest BCUT2D eigenvalue weighted by atomic mass is 10.2. The molecule has 3 heterocycles. The summed E-state index contributed by atoms with van der Waals surface area (Å²) >= 11 is 7.78. The topological polar surface area (TPSA) is 78.8 Å². The molecule has 2 aliphatic heterocycles. The van der Waals surface area contributed by atoms with Crippen LogP contribution in [-0.4, -0.2) is 84.1 Å². The third-order valence-electron chi connectivity index (χ3n) is 5.72. The Bertz CT molecular complexity index is 1040. The van der Waals surface area contributed by atoms with Gasteiger partial charge in [0.05, 0.1) is 5.56 Å². The summed E-state index contributed by atoms with van der Waals surface area (Å²) in [5.41, 5.74) is 1.20. The van der Waals surface area contributed by atoms with Crippen molar-refractivity contribution in [2.24, 2.45) is 0 Å². The van der Waals surface area contributed by atoms with Gasteiger partial charge in [0.2, 0.25) is 5.03 Å². The fraction of sp³-hybridized carbons (Fsp3) is 0.524. The molecule has 2 aliphatic rings. The second-order valence-electron chi connectivity index (χ2n) is 7.88. The fourth-order valence-corrected chi connectivity index (χ4v) is 6.53. The third kappa shape index (κ3) is 4.93. The molecule has 11 heteroatoms. The van der Waals surface area contributed by atoms with Gasteiger partial charge in [0.25, 0.3) is 15.9 Å². The predicted molar refractivity (Wildman–Crippen MR) is 128 cm³/mol. The molecule has 0 atom stereocenters. The van der Waals surface area contributed by atoms with E-state index in [1.165, 1.54) is 4.31 Å². The number of benzene rings is 1. The molecule has 1 amide bonds. The van der Waals surface area contributed by atoms with Crippen LogP contribution in [0.5, 0.6) is 0 Å². The number of sulfonamides is 1. The van der Waals surface area contributed by atoms with Crippen LogP contribution in [0, 0.1) is 0 Å². The first-order chi connectivity index (χ1) is 15.4. The van der Waals surface area contributed by atoms with Crippen LogP contribution in [0.15, 0.2) is 35.5 Å². The highest BCUT2D eigenvalue weighted by atomic mass is 35.5. The molecule has 2 saturated heterocycles. The monoisotopic (exact) mass is 497 g/mol. The van der Waals surface area contributed by atoms with Crippen molar-refractivity contribution in [3.63, 3.8) is 0 Å². The smallest absolute Gasteiger partial charge is 0.263 e. The Hall–Kier alpha value is -1.75. The van der Waals surface area contributed by atoms with E-state index in [4.69, 9.17) is 11.6 Å². The highest BCUT2D eigenvalue weighted by molar-refractivity contribution is 7.99. The Labute approximate surface area is 198 Å². The molecule has 1 aromatic carbocycles. The number of aryl methyl sites for hydroxylation is 1. The second kappa shape index (κ2) is 10.0. The molecule has 1 aromatic heterocycles. The van der Waals surface area contributed by atoms with E-state index in [2.05, 4.69) is 10.00 Å². The van der Waals surface area contributed by atoms with Gasteiger partial charge in [-0.25, -0.2) is 8.42 Å². The lowest BCUT2D eigenvalue weighted by Crippen LogP contribution is -2.49. The Kier molecular flexibility index (Phi) is 7.34. The summed E-state index contributed by atoms with van der Waals surface area (Å²) in [4.78, 5) is 17.1. The molecule has 0 bridgehead atoms. The van der Waals surface area contributed by atoms with Gasteiger partial charge in [0.15, 0.2) is 0 Å². The van der Waals surface area contributed by atoms with Crippen LogP contribution in [0.2, 0.25) is 5.02 Å². The number of anilines is 1. The van der Waals surface area contributed by atoms with Gasteiger partial charge in [0, 0.05) is 74.2 Å². The fourth-order valence-electron chi connectivity index (χ4n) is 3.98. The summed E-state index contributed by atoms with van der Waals surface area (Å²) in [5.74, 6) is 1.48. The number of aromatic nitrogens is 2. The van der Waals surface area contributed by atoms with E-state index >= 15 is 0 Å². The van der Waals surface area contributed by atoms with E-state index < -0.39 is 10.0 Å². The van der Waals surface area contributed by atoms with Crippen molar-refractivity contribution in [3.05, 3.63) is 41.0 Å². The molecule has 0 N–H and O–H groups in total. The average Bonchev–Trinajstić information content (AvgIpc) is 3.25. The molecule has 4 rings (SSSR count). The summed E-state index contributed by atoms with van der Waals surface area (Å²) in [7, 11) is -3.89. The Morgan fingerprint density at radius 2 is 1.72 bits per heavy atom. The predicted octanol–water partition coefficient (Wildman–Crippen LogP) is 2.65. The first-order valence-corrected chi connectivity index (χ1v) is 13.8. The number of thioether (sulfide) groups is 1. The average molecular weight is 498 g/mol. The SMILES string of the molecule is CCCn1cc(C(=O)N2CCSCC2)c(S(=O)(=O)N2CCN(c3ccc(Cl)cc3)CC2)n1. The van der Waals surface area contributed by atoms with Crippen LogP contribution in [0.3, 0.4) is 0 Å². The number of rotatable bonds is 6. The largest absolute Gasteiger partial charge is 0.369 e. The minimum atomic E-state index is -3.89. The summed E-state index contributed by atoms with van der Waals surface area (Å²) in [5, 5.41) is 4.91. The normalized spacial score (nSPS) is 18.2. The molecule has 32 heavy (non-hydrogen) atoms. The highest BCUT2D eigenvalue weighted by Gasteiger charge is 2.36. The molecule has 8 nitrogen and oxygen atoms in total. The molecule has 2 aromatic rings. The van der Waals surface area contributed by atoms with E-state index in [0.29, 0.717) is 50.8 Å². The van der Waals surface area contributed by atoms with Gasteiger partial charge < -0.3 is 9.80 Å². The molecule has 0 saturated carbocycles. The number of nitrogens with zero attached hydrogens (tertiary/aromatic N) is 5. The van der Waals surface area contributed by atoms with Gasteiger partial charge >= 0.3 is 0 Å². The minimum Gasteiger partial charge on any atom is -0.369 e. The standard InChI is InChI=1S/C21H28ClN5O3S2/c1-2-7-26-16-19(21(28)25-12-14-31-15-13-25)20(23-26)32(29,30)27-10-8-24(9-11-27)18-5-3-17(22)4-6-18/h3-6,16H,2,7-15H2,1H3. The zero-order valence-corrected chi connectivity index (χ0v) is 20.5. The summed E-state index contributed by atoms with van der Waals surface area (Å²) in [6.07, 6.45) is 2.40. The number of hydrogen-bond acceptors (Lipinski definition) is 6. The maximum atomic E-state index is 13.5. The van der Waals surface area contributed by atoms with E-state index in [0.717, 1.165) is 23.6 Å². The Morgan fingerprint density at radius 3 is 2.34 bits per heavy atom. The van der Waals surface area contributed by atoms with Crippen LogP contribution in [0.25, 0.3) is 0 Å². The molecule has 174 valence electrons. The van der Waals surface area contributed by atoms with Crippen molar-refractivity contribution in [2.75, 3.05) is 55.7 Å². The van der Waals surface area contributed by atoms with Gasteiger partial charge in [-0.15, -0.1) is 0 Å². The molecule has 0 aliphatic carbocycles. The van der Waals surface area contributed by atoms with Crippen LogP contribution in [-0.2, 0) is 16.6 Å². The van der Waals surface area contributed by atoms with Crippen molar-refractivity contribution in [1.29, 1.82) is 0 Å². The Balaban J connectivity index is 1.55. The van der Waals surface area contributed by atoms with Gasteiger partial charge in [-0.05, 0) is 30.7 Å². The number of piperazine rings is 1. The van der Waals surface area contributed by atoms with Crippen molar-refractivity contribution >= 4 is 45.0 Å². The van der Waals surface area contributed by atoms with Gasteiger partial charge in [-0.2, -0.15) is 21.2 Å². The highest BCUT2D eigenvalue weighted by Crippen LogP contribution is 2.25. The number of carbonyl (C=O) groups is 1. The van der Waals surface area contributed by atoms with E-state index in [-0.39, 0.29) is 16.5 Å². The van der Waals surface area contributed by atoms with E-state index in [1.54, 1.807) is 27.5 Å². The van der Waals surface area contributed by atoms with Crippen molar-refractivity contribution in [2.45, 2.75) is 24.9 Å². The molecule has 0 radical (unpaired) electrons. The maximum Gasteiger partial charge on any atom is 0.263 e. The summed E-state index contributed by atoms with van der Waals surface area (Å²) in [6.45, 7) is 5.60. The minimum absolute atomic E-state index is 0.117. The van der Waals surface area contributed by atoms with E-state index in [1.807, 2.05) is 31.2 Å². The van der Waals surface area contributed by atoms with Crippen LogP contribution in [0.1, 0.15) is 23.7 Å². The number of carbonyl (C=O) groups excluding carboxylic acids is 1. The Morgan fingerprint density at radius 1 is 1.06 bits per heavy atom. The van der Waals surface area contributed by atoms with Gasteiger partial charge in [-0.3, -0.25) is 9.48 Å². The number of hydrogen-bond donors (Lipinski definition) is 0. The quantitative estimate of drug-likeness (QED) is 0.610. The van der Waals surface area contributed by atoms with E-state index in [9.17, 15) is 13.2 Å².